The molecule has 21 heavy (non-hydrogen) atoms. The fraction of sp³-hybridized carbons (Fsp3) is 0.0556. The van der Waals surface area contributed by atoms with Crippen LogP contribution < -0.4 is 0 Å². The summed E-state index contributed by atoms with van der Waals surface area (Å²) in [4.78, 5) is 4.57. The third-order valence-corrected chi connectivity index (χ3v) is 4.01. The number of rotatable bonds is 3. The van der Waals surface area contributed by atoms with E-state index < -0.39 is 0 Å². The molecule has 2 nitrogen and oxygen atoms in total. The van der Waals surface area contributed by atoms with Crippen LogP contribution in [0.5, 0.6) is 0 Å². The number of aliphatic imine (C=N–C) groups is 1. The van der Waals surface area contributed by atoms with Gasteiger partial charge in [-0.05, 0) is 78.0 Å². The number of halogens is 1. The van der Waals surface area contributed by atoms with Gasteiger partial charge in [-0.25, -0.2) is 0 Å². The Hall–Kier alpha value is -1.88. The van der Waals surface area contributed by atoms with Crippen molar-refractivity contribution in [3.63, 3.8) is 0 Å². The van der Waals surface area contributed by atoms with Crippen LogP contribution in [-0.4, -0.2) is 10.8 Å². The molecule has 0 aliphatic carbocycles. The Morgan fingerprint density at radius 1 is 0.905 bits per heavy atom. The molecule has 0 amide bonds. The molecule has 3 aromatic rings. The van der Waals surface area contributed by atoms with Crippen LogP contribution in [0.3, 0.4) is 0 Å². The molecule has 1 heterocycles. The minimum atomic E-state index is 0.967. The minimum absolute atomic E-state index is 0.967. The Bertz CT molecular complexity index is 756. The van der Waals surface area contributed by atoms with E-state index in [-0.39, 0.29) is 0 Å². The highest BCUT2D eigenvalue weighted by Gasteiger charge is 2.04. The molecule has 0 unspecified atom stereocenters. The van der Waals surface area contributed by atoms with Crippen molar-refractivity contribution in [1.29, 1.82) is 0 Å². The Morgan fingerprint density at radius 3 is 2.33 bits per heavy atom. The van der Waals surface area contributed by atoms with Crippen molar-refractivity contribution in [2.75, 3.05) is 0 Å². The molecule has 1 aromatic heterocycles. The molecule has 104 valence electrons. The molecule has 0 aliphatic heterocycles. The van der Waals surface area contributed by atoms with Gasteiger partial charge in [0.25, 0.3) is 0 Å². The van der Waals surface area contributed by atoms with E-state index >= 15 is 0 Å². The van der Waals surface area contributed by atoms with E-state index in [0.29, 0.717) is 0 Å². The minimum Gasteiger partial charge on any atom is -0.313 e. The summed E-state index contributed by atoms with van der Waals surface area (Å²) in [6.07, 6.45) is 1.92. The zero-order chi connectivity index (χ0) is 14.7. The van der Waals surface area contributed by atoms with Gasteiger partial charge < -0.3 is 4.57 Å². The largest absolute Gasteiger partial charge is 0.313 e. The third-order valence-electron chi connectivity index (χ3n) is 3.29. The summed E-state index contributed by atoms with van der Waals surface area (Å²) in [5.74, 6) is 0. The van der Waals surface area contributed by atoms with Crippen LogP contribution in [0.2, 0.25) is 0 Å². The van der Waals surface area contributed by atoms with Crippen molar-refractivity contribution in [3.8, 4) is 5.69 Å². The van der Waals surface area contributed by atoms with Gasteiger partial charge in [0.2, 0.25) is 0 Å². The number of hydrogen-bond donors (Lipinski definition) is 0. The maximum Gasteiger partial charge on any atom is 0.0641 e. The average molecular weight is 386 g/mol. The number of nitrogens with zero attached hydrogens (tertiary/aromatic N) is 2. The molecule has 3 heteroatoms. The van der Waals surface area contributed by atoms with Crippen LogP contribution in [-0.2, 0) is 0 Å². The quantitative estimate of drug-likeness (QED) is 0.438. The highest BCUT2D eigenvalue weighted by molar-refractivity contribution is 14.1. The lowest BCUT2D eigenvalue weighted by molar-refractivity contribution is 1.01. The standard InChI is InChI=1S/C18H15IN2/c1-14-7-12-18(21(14)17-5-3-2-4-6-17)13-20-16-10-8-15(19)9-11-16/h2-13H,1H3. The predicted octanol–water partition coefficient (Wildman–Crippen LogP) is 5.14. The lowest BCUT2D eigenvalue weighted by Crippen LogP contribution is -2.00. The molecule has 0 saturated heterocycles. The predicted molar refractivity (Wildman–Crippen MR) is 96.9 cm³/mol. The van der Waals surface area contributed by atoms with Gasteiger partial charge in [-0.3, -0.25) is 4.99 Å². The molecule has 0 spiro atoms. The fourth-order valence-electron chi connectivity index (χ4n) is 2.26. The third kappa shape index (κ3) is 3.24. The van der Waals surface area contributed by atoms with Crippen molar-refractivity contribution >= 4 is 34.5 Å². The number of benzene rings is 2. The van der Waals surface area contributed by atoms with E-state index in [2.05, 4.69) is 87.6 Å². The second-order valence-electron chi connectivity index (χ2n) is 4.81. The smallest absolute Gasteiger partial charge is 0.0641 e. The van der Waals surface area contributed by atoms with Gasteiger partial charge in [-0.1, -0.05) is 18.2 Å². The summed E-state index contributed by atoms with van der Waals surface area (Å²) in [6, 6.07) is 22.7. The van der Waals surface area contributed by atoms with Crippen molar-refractivity contribution in [2.24, 2.45) is 4.99 Å². The first kappa shape index (κ1) is 14.1. The van der Waals surface area contributed by atoms with Crippen molar-refractivity contribution < 1.29 is 0 Å². The maximum absolute atomic E-state index is 4.57. The van der Waals surface area contributed by atoms with Gasteiger partial charge in [0, 0.05) is 15.0 Å². The SMILES string of the molecule is Cc1ccc(C=Nc2ccc(I)cc2)n1-c1ccccc1. The van der Waals surface area contributed by atoms with E-state index in [1.165, 1.54) is 9.26 Å². The van der Waals surface area contributed by atoms with E-state index in [9.17, 15) is 0 Å². The molecular weight excluding hydrogens is 371 g/mol. The van der Waals surface area contributed by atoms with Crippen LogP contribution in [0.25, 0.3) is 5.69 Å². The average Bonchev–Trinajstić information content (AvgIpc) is 2.88. The number of hydrogen-bond acceptors (Lipinski definition) is 1. The summed E-state index contributed by atoms with van der Waals surface area (Å²) in [5, 5.41) is 0. The van der Waals surface area contributed by atoms with Crippen LogP contribution in [0.1, 0.15) is 11.4 Å². The zero-order valence-electron chi connectivity index (χ0n) is 11.7. The highest BCUT2D eigenvalue weighted by atomic mass is 127. The molecule has 2 aromatic carbocycles. The normalized spacial score (nSPS) is 11.1. The van der Waals surface area contributed by atoms with E-state index in [0.717, 1.165) is 17.1 Å². The summed E-state index contributed by atoms with van der Waals surface area (Å²) in [5.41, 5.74) is 4.40. The molecule has 0 aliphatic rings. The van der Waals surface area contributed by atoms with Crippen molar-refractivity contribution in [3.05, 3.63) is 81.7 Å². The molecule has 0 N–H and O–H groups in total. The molecule has 0 bridgehead atoms. The lowest BCUT2D eigenvalue weighted by atomic mass is 10.3. The van der Waals surface area contributed by atoms with Crippen molar-refractivity contribution in [1.82, 2.24) is 4.57 Å². The van der Waals surface area contributed by atoms with Crippen LogP contribution >= 0.6 is 22.6 Å². The van der Waals surface area contributed by atoms with Gasteiger partial charge in [-0.2, -0.15) is 0 Å². The zero-order valence-corrected chi connectivity index (χ0v) is 13.9. The fourth-order valence-corrected chi connectivity index (χ4v) is 2.62. The van der Waals surface area contributed by atoms with Gasteiger partial charge >= 0.3 is 0 Å². The summed E-state index contributed by atoms with van der Waals surface area (Å²) in [7, 11) is 0. The van der Waals surface area contributed by atoms with Crippen molar-refractivity contribution in [2.45, 2.75) is 6.92 Å². The molecule has 3 rings (SSSR count). The Balaban J connectivity index is 1.95. The maximum atomic E-state index is 4.57. The summed E-state index contributed by atoms with van der Waals surface area (Å²) >= 11 is 2.30. The van der Waals surface area contributed by atoms with Gasteiger partial charge in [-0.15, -0.1) is 0 Å². The van der Waals surface area contributed by atoms with Gasteiger partial charge in [0.15, 0.2) is 0 Å². The Kier molecular flexibility index (Phi) is 4.20. The molecule has 0 fully saturated rings. The molecule has 0 radical (unpaired) electrons. The molecular formula is C18H15IN2. The van der Waals surface area contributed by atoms with E-state index in [1.807, 2.05) is 24.4 Å². The second kappa shape index (κ2) is 6.26. The first-order chi connectivity index (χ1) is 10.2. The number of para-hydroxylation sites is 1. The Morgan fingerprint density at radius 2 is 1.62 bits per heavy atom. The second-order valence-corrected chi connectivity index (χ2v) is 6.05. The Labute approximate surface area is 138 Å². The summed E-state index contributed by atoms with van der Waals surface area (Å²) < 4.78 is 3.42. The first-order valence-corrected chi connectivity index (χ1v) is 7.85. The van der Waals surface area contributed by atoms with Crippen LogP contribution in [0.4, 0.5) is 5.69 Å². The van der Waals surface area contributed by atoms with E-state index in [4.69, 9.17) is 0 Å². The van der Waals surface area contributed by atoms with Crippen LogP contribution in [0, 0.1) is 10.5 Å². The highest BCUT2D eigenvalue weighted by Crippen LogP contribution is 2.18. The van der Waals surface area contributed by atoms with E-state index in [1.54, 1.807) is 0 Å². The molecule has 0 saturated carbocycles. The van der Waals surface area contributed by atoms with Gasteiger partial charge in [0.1, 0.15) is 0 Å². The number of aryl methyl sites for hydroxylation is 1. The first-order valence-electron chi connectivity index (χ1n) is 6.77. The van der Waals surface area contributed by atoms with Crippen LogP contribution in [0.15, 0.2) is 71.7 Å². The summed E-state index contributed by atoms with van der Waals surface area (Å²) in [6.45, 7) is 2.11. The van der Waals surface area contributed by atoms with Gasteiger partial charge in [0.05, 0.1) is 17.6 Å². The topological polar surface area (TPSA) is 17.3 Å². The lowest BCUT2D eigenvalue weighted by Gasteiger charge is -2.08. The number of aromatic nitrogens is 1. The molecule has 0 atom stereocenters. The monoisotopic (exact) mass is 386 g/mol.